The van der Waals surface area contributed by atoms with Gasteiger partial charge in [0.05, 0.1) is 12.1 Å². The molecular weight excluding hydrogens is 172 g/mol. The van der Waals surface area contributed by atoms with E-state index < -0.39 is 0 Å². The molecule has 0 aromatic carbocycles. The lowest BCUT2D eigenvalue weighted by Crippen LogP contribution is -2.40. The van der Waals surface area contributed by atoms with Crippen LogP contribution in [-0.4, -0.2) is 29.4 Å². The molecule has 2 nitrogen and oxygen atoms in total. The Balaban J connectivity index is 1.84. The average molecular weight is 190 g/mol. The molecule has 1 aliphatic carbocycles. The highest BCUT2D eigenvalue weighted by Gasteiger charge is 2.36. The van der Waals surface area contributed by atoms with Crippen molar-refractivity contribution in [1.82, 2.24) is 4.90 Å². The fourth-order valence-electron chi connectivity index (χ4n) is 3.03. The van der Waals surface area contributed by atoms with Gasteiger partial charge < -0.3 is 4.90 Å². The molecule has 0 unspecified atom stereocenters. The minimum atomic E-state index is 0.644. The second-order valence-corrected chi connectivity index (χ2v) is 4.63. The van der Waals surface area contributed by atoms with E-state index in [0.29, 0.717) is 6.04 Å². The highest BCUT2D eigenvalue weighted by Crippen LogP contribution is 2.32. The van der Waals surface area contributed by atoms with Crippen molar-refractivity contribution >= 4 is 5.84 Å². The number of rotatable bonds is 0. The number of aliphatic imine (C=N–C) groups is 1. The summed E-state index contributed by atoms with van der Waals surface area (Å²) in [6.45, 7) is 1.11. The molecule has 0 N–H and O–H groups in total. The van der Waals surface area contributed by atoms with Crippen LogP contribution >= 0.6 is 0 Å². The van der Waals surface area contributed by atoms with Crippen LogP contribution < -0.4 is 0 Å². The van der Waals surface area contributed by atoms with Crippen molar-refractivity contribution in [2.24, 2.45) is 4.99 Å². The van der Waals surface area contributed by atoms with Gasteiger partial charge in [0, 0.05) is 13.0 Å². The van der Waals surface area contributed by atoms with Gasteiger partial charge in [-0.05, 0) is 19.3 Å². The van der Waals surface area contributed by atoms with E-state index >= 15 is 0 Å². The van der Waals surface area contributed by atoms with E-state index in [4.69, 9.17) is 4.99 Å². The van der Waals surface area contributed by atoms with E-state index in [-0.39, 0.29) is 0 Å². The molecule has 0 radical (unpaired) electrons. The maximum Gasteiger partial charge on any atom is 0.100 e. The van der Waals surface area contributed by atoms with Crippen LogP contribution in [0.4, 0.5) is 0 Å². The molecule has 3 aliphatic rings. The summed E-state index contributed by atoms with van der Waals surface area (Å²) in [6, 6.07) is 1.40. The summed E-state index contributed by atoms with van der Waals surface area (Å²) >= 11 is 0. The Bertz CT molecular complexity index is 280. The van der Waals surface area contributed by atoms with E-state index in [1.807, 2.05) is 0 Å². The van der Waals surface area contributed by atoms with Gasteiger partial charge >= 0.3 is 0 Å². The summed E-state index contributed by atoms with van der Waals surface area (Å²) in [4.78, 5) is 7.46. The maximum absolute atomic E-state index is 4.89. The lowest BCUT2D eigenvalue weighted by molar-refractivity contribution is 0.259. The summed E-state index contributed by atoms with van der Waals surface area (Å²) in [5, 5.41) is 0. The SMILES string of the molecule is C1=CCN2C(=N[C@H]3CCCC[C@H]32)CC1. The third-order valence-electron chi connectivity index (χ3n) is 3.74. The summed E-state index contributed by atoms with van der Waals surface area (Å²) in [6.07, 6.45) is 12.5. The quantitative estimate of drug-likeness (QED) is 0.535. The second-order valence-electron chi connectivity index (χ2n) is 4.63. The van der Waals surface area contributed by atoms with Crippen LogP contribution in [0.5, 0.6) is 0 Å². The summed E-state index contributed by atoms with van der Waals surface area (Å²) in [7, 11) is 0. The molecular formula is C12H18N2. The van der Waals surface area contributed by atoms with Crippen molar-refractivity contribution < 1.29 is 0 Å². The van der Waals surface area contributed by atoms with E-state index in [9.17, 15) is 0 Å². The lowest BCUT2D eigenvalue weighted by atomic mass is 9.91. The molecule has 0 aromatic rings. The van der Waals surface area contributed by atoms with E-state index in [1.54, 1.807) is 0 Å². The van der Waals surface area contributed by atoms with Crippen molar-refractivity contribution in [3.05, 3.63) is 12.2 Å². The zero-order valence-electron chi connectivity index (χ0n) is 8.65. The number of hydrogen-bond acceptors (Lipinski definition) is 2. The first-order valence-electron chi connectivity index (χ1n) is 5.93. The molecule has 2 heterocycles. The normalized spacial score (nSPS) is 36.0. The molecule has 14 heavy (non-hydrogen) atoms. The predicted molar refractivity (Wildman–Crippen MR) is 58.6 cm³/mol. The van der Waals surface area contributed by atoms with E-state index in [1.165, 1.54) is 44.4 Å². The molecule has 2 aliphatic heterocycles. The third kappa shape index (κ3) is 1.28. The number of nitrogens with zero attached hydrogens (tertiary/aromatic N) is 2. The fourth-order valence-corrected chi connectivity index (χ4v) is 3.03. The first kappa shape index (κ1) is 8.51. The molecule has 76 valence electrons. The molecule has 0 amide bonds. The Kier molecular flexibility index (Phi) is 2.07. The fraction of sp³-hybridized carbons (Fsp3) is 0.750. The number of allylic oxidation sites excluding steroid dienone is 1. The van der Waals surface area contributed by atoms with Gasteiger partial charge in [-0.25, -0.2) is 0 Å². The number of hydrogen-bond donors (Lipinski definition) is 0. The molecule has 2 atom stereocenters. The lowest BCUT2D eigenvalue weighted by Gasteiger charge is -2.32. The highest BCUT2D eigenvalue weighted by atomic mass is 15.3. The zero-order chi connectivity index (χ0) is 9.38. The van der Waals surface area contributed by atoms with Gasteiger partial charge in [-0.2, -0.15) is 0 Å². The van der Waals surface area contributed by atoms with Crippen LogP contribution in [-0.2, 0) is 0 Å². The Morgan fingerprint density at radius 1 is 1.21 bits per heavy atom. The Labute approximate surface area is 85.7 Å². The second kappa shape index (κ2) is 3.41. The molecule has 2 heteroatoms. The van der Waals surface area contributed by atoms with Gasteiger partial charge in [0.1, 0.15) is 5.84 Å². The van der Waals surface area contributed by atoms with Crippen LogP contribution in [0.1, 0.15) is 38.5 Å². The zero-order valence-corrected chi connectivity index (χ0v) is 8.65. The summed E-state index contributed by atoms with van der Waals surface area (Å²) in [5.74, 6) is 1.40. The van der Waals surface area contributed by atoms with Gasteiger partial charge in [-0.1, -0.05) is 25.0 Å². The maximum atomic E-state index is 4.89. The highest BCUT2D eigenvalue weighted by molar-refractivity contribution is 5.85. The van der Waals surface area contributed by atoms with E-state index in [0.717, 1.165) is 12.6 Å². The molecule has 3 rings (SSSR count). The Morgan fingerprint density at radius 3 is 3.14 bits per heavy atom. The molecule has 0 aromatic heterocycles. The van der Waals surface area contributed by atoms with Crippen molar-refractivity contribution in [2.75, 3.05) is 6.54 Å². The van der Waals surface area contributed by atoms with Gasteiger partial charge in [0.2, 0.25) is 0 Å². The molecule has 0 spiro atoms. The minimum Gasteiger partial charge on any atom is -0.351 e. The summed E-state index contributed by atoms with van der Waals surface area (Å²) < 4.78 is 0. The van der Waals surface area contributed by atoms with Crippen molar-refractivity contribution in [3.8, 4) is 0 Å². The first-order chi connectivity index (χ1) is 6.95. The standard InChI is InChI=1S/C12H18N2/c1-2-8-12-13-10-6-3-4-7-11(10)14(12)9-5-1/h1,5,10-11H,2-4,6-9H2/t10-,11+/m0/s1. The number of amidine groups is 1. The van der Waals surface area contributed by atoms with Crippen LogP contribution in [0.2, 0.25) is 0 Å². The summed E-state index contributed by atoms with van der Waals surface area (Å²) in [5.41, 5.74) is 0. The monoisotopic (exact) mass is 190 g/mol. The predicted octanol–water partition coefficient (Wildman–Crippen LogP) is 2.36. The average Bonchev–Trinajstić information content (AvgIpc) is 2.42. The smallest absolute Gasteiger partial charge is 0.100 e. The molecule has 1 saturated carbocycles. The first-order valence-corrected chi connectivity index (χ1v) is 5.93. The Hall–Kier alpha value is -0.790. The number of fused-ring (bicyclic) bond motifs is 3. The van der Waals surface area contributed by atoms with Crippen molar-refractivity contribution in [2.45, 2.75) is 50.6 Å². The topological polar surface area (TPSA) is 15.6 Å². The third-order valence-corrected chi connectivity index (χ3v) is 3.74. The molecule has 1 fully saturated rings. The van der Waals surface area contributed by atoms with Gasteiger partial charge in [-0.3, -0.25) is 4.99 Å². The van der Waals surface area contributed by atoms with Crippen LogP contribution in [0, 0.1) is 0 Å². The van der Waals surface area contributed by atoms with Gasteiger partial charge in [-0.15, -0.1) is 0 Å². The van der Waals surface area contributed by atoms with E-state index in [2.05, 4.69) is 17.1 Å². The van der Waals surface area contributed by atoms with Crippen LogP contribution in [0.25, 0.3) is 0 Å². The van der Waals surface area contributed by atoms with Gasteiger partial charge in [0.25, 0.3) is 0 Å². The van der Waals surface area contributed by atoms with Gasteiger partial charge in [0.15, 0.2) is 0 Å². The minimum absolute atomic E-state index is 0.644. The van der Waals surface area contributed by atoms with Crippen LogP contribution in [0.15, 0.2) is 17.1 Å². The van der Waals surface area contributed by atoms with Crippen molar-refractivity contribution in [3.63, 3.8) is 0 Å². The molecule has 0 saturated heterocycles. The Morgan fingerprint density at radius 2 is 2.14 bits per heavy atom. The largest absolute Gasteiger partial charge is 0.351 e. The van der Waals surface area contributed by atoms with Crippen LogP contribution in [0.3, 0.4) is 0 Å². The van der Waals surface area contributed by atoms with Crippen molar-refractivity contribution in [1.29, 1.82) is 0 Å². The molecule has 0 bridgehead atoms.